The van der Waals surface area contributed by atoms with Gasteiger partial charge >= 0.3 is 0 Å². The van der Waals surface area contributed by atoms with Crippen LogP contribution in [0.4, 0.5) is 17.1 Å². The minimum absolute atomic E-state index is 1.11. The van der Waals surface area contributed by atoms with Crippen molar-refractivity contribution in [3.05, 3.63) is 200 Å². The van der Waals surface area contributed by atoms with Gasteiger partial charge in [-0.05, 0) is 116 Å². The van der Waals surface area contributed by atoms with E-state index in [-0.39, 0.29) is 0 Å². The second kappa shape index (κ2) is 12.7. The van der Waals surface area contributed by atoms with E-state index >= 15 is 0 Å². The summed E-state index contributed by atoms with van der Waals surface area (Å²) in [5, 5.41) is 7.73. The summed E-state index contributed by atoms with van der Waals surface area (Å²) < 4.78 is 2.66. The van der Waals surface area contributed by atoms with Gasteiger partial charge in [0.2, 0.25) is 0 Å². The number of hydrogen-bond donors (Lipinski definition) is 0. The standard InChI is InChI=1S/C50H33NS/c1-2-10-34(11-3-1)39-14-8-16-44(31-39)51(42-26-22-36(23-27-42)40-21-20-35-12-4-5-13-38(35)30-40)43-28-24-37(25-29-43)45-18-9-15-41-32-48-46-17-6-7-19-49(46)52-50(48)33-47(41)45/h1-33H. The fraction of sp³-hybridized carbons (Fsp3) is 0. The van der Waals surface area contributed by atoms with Crippen molar-refractivity contribution in [2.75, 3.05) is 4.90 Å². The molecule has 9 aromatic carbocycles. The molecule has 244 valence electrons. The van der Waals surface area contributed by atoms with Crippen molar-refractivity contribution >= 4 is 70.1 Å². The van der Waals surface area contributed by atoms with Crippen LogP contribution in [0.5, 0.6) is 0 Å². The van der Waals surface area contributed by atoms with E-state index in [1.165, 1.54) is 75.1 Å². The summed E-state index contributed by atoms with van der Waals surface area (Å²) >= 11 is 1.87. The highest BCUT2D eigenvalue weighted by molar-refractivity contribution is 7.25. The Labute approximate surface area is 307 Å². The van der Waals surface area contributed by atoms with E-state index in [1.807, 2.05) is 11.3 Å². The lowest BCUT2D eigenvalue weighted by Gasteiger charge is -2.26. The SMILES string of the molecule is c1ccc(-c2cccc(N(c3ccc(-c4ccc5ccccc5c4)cc3)c3ccc(-c4cccc5cc6c(cc45)sc4ccccc46)cc3)c2)cc1. The summed E-state index contributed by atoms with van der Waals surface area (Å²) in [5.41, 5.74) is 10.6. The maximum atomic E-state index is 2.39. The summed E-state index contributed by atoms with van der Waals surface area (Å²) in [6, 6.07) is 72.9. The van der Waals surface area contributed by atoms with Crippen molar-refractivity contribution in [1.82, 2.24) is 0 Å². The largest absolute Gasteiger partial charge is 0.310 e. The van der Waals surface area contributed by atoms with Crippen molar-refractivity contribution < 1.29 is 0 Å². The van der Waals surface area contributed by atoms with Crippen LogP contribution in [-0.2, 0) is 0 Å². The van der Waals surface area contributed by atoms with Crippen LogP contribution in [0.25, 0.3) is 75.1 Å². The first-order chi connectivity index (χ1) is 25.7. The molecule has 0 radical (unpaired) electrons. The zero-order valence-electron chi connectivity index (χ0n) is 28.4. The predicted molar refractivity (Wildman–Crippen MR) is 225 cm³/mol. The minimum atomic E-state index is 1.11. The van der Waals surface area contributed by atoms with Crippen molar-refractivity contribution in [1.29, 1.82) is 0 Å². The number of fused-ring (bicyclic) bond motifs is 5. The Morgan fingerprint density at radius 1 is 0.288 bits per heavy atom. The lowest BCUT2D eigenvalue weighted by molar-refractivity contribution is 1.28. The second-order valence-corrected chi connectivity index (χ2v) is 14.5. The molecule has 0 atom stereocenters. The lowest BCUT2D eigenvalue weighted by Crippen LogP contribution is -2.10. The third kappa shape index (κ3) is 5.42. The van der Waals surface area contributed by atoms with Gasteiger partial charge in [0.15, 0.2) is 0 Å². The molecule has 0 saturated carbocycles. The van der Waals surface area contributed by atoms with Crippen molar-refractivity contribution in [3.8, 4) is 33.4 Å². The molecule has 1 heterocycles. The number of hydrogen-bond acceptors (Lipinski definition) is 2. The average Bonchev–Trinajstić information content (AvgIpc) is 3.58. The van der Waals surface area contributed by atoms with Gasteiger partial charge in [0, 0.05) is 37.2 Å². The normalized spacial score (nSPS) is 11.5. The Morgan fingerprint density at radius 3 is 1.73 bits per heavy atom. The average molecular weight is 680 g/mol. The number of benzene rings is 9. The fourth-order valence-corrected chi connectivity index (χ4v) is 8.74. The lowest BCUT2D eigenvalue weighted by atomic mass is 9.96. The molecule has 1 nitrogen and oxygen atoms in total. The second-order valence-electron chi connectivity index (χ2n) is 13.4. The summed E-state index contributed by atoms with van der Waals surface area (Å²) in [6.07, 6.45) is 0. The molecule has 0 aliphatic heterocycles. The summed E-state index contributed by atoms with van der Waals surface area (Å²) in [6.45, 7) is 0. The highest BCUT2D eigenvalue weighted by Gasteiger charge is 2.16. The van der Waals surface area contributed by atoms with Crippen LogP contribution in [0.3, 0.4) is 0 Å². The van der Waals surface area contributed by atoms with E-state index in [0.717, 1.165) is 17.1 Å². The van der Waals surface area contributed by atoms with Gasteiger partial charge in [0.25, 0.3) is 0 Å². The highest BCUT2D eigenvalue weighted by Crippen LogP contribution is 2.41. The number of anilines is 3. The quantitative estimate of drug-likeness (QED) is 0.169. The van der Waals surface area contributed by atoms with E-state index in [2.05, 4.69) is 205 Å². The van der Waals surface area contributed by atoms with Gasteiger partial charge in [0.1, 0.15) is 0 Å². The molecule has 0 unspecified atom stereocenters. The van der Waals surface area contributed by atoms with E-state index in [4.69, 9.17) is 0 Å². The third-order valence-corrected chi connectivity index (χ3v) is 11.4. The van der Waals surface area contributed by atoms with Crippen LogP contribution in [0.15, 0.2) is 200 Å². The minimum Gasteiger partial charge on any atom is -0.310 e. The van der Waals surface area contributed by atoms with Gasteiger partial charge in [-0.1, -0.05) is 140 Å². The zero-order chi connectivity index (χ0) is 34.4. The Balaban J connectivity index is 1.06. The highest BCUT2D eigenvalue weighted by atomic mass is 32.1. The number of nitrogens with zero attached hydrogens (tertiary/aromatic N) is 1. The van der Waals surface area contributed by atoms with Crippen molar-refractivity contribution in [2.45, 2.75) is 0 Å². The molecule has 2 heteroatoms. The first-order valence-corrected chi connectivity index (χ1v) is 18.6. The van der Waals surface area contributed by atoms with Crippen LogP contribution >= 0.6 is 11.3 Å². The molecule has 0 N–H and O–H groups in total. The van der Waals surface area contributed by atoms with Crippen LogP contribution in [0, 0.1) is 0 Å². The van der Waals surface area contributed by atoms with Crippen LogP contribution < -0.4 is 4.90 Å². The fourth-order valence-electron chi connectivity index (χ4n) is 7.61. The molecule has 0 bridgehead atoms. The van der Waals surface area contributed by atoms with Gasteiger partial charge in [0.05, 0.1) is 0 Å². The van der Waals surface area contributed by atoms with E-state index in [9.17, 15) is 0 Å². The Bertz CT molecular complexity index is 2890. The van der Waals surface area contributed by atoms with E-state index in [0.29, 0.717) is 0 Å². The molecule has 52 heavy (non-hydrogen) atoms. The zero-order valence-corrected chi connectivity index (χ0v) is 29.2. The maximum absolute atomic E-state index is 2.39. The molecule has 0 fully saturated rings. The first kappa shape index (κ1) is 30.4. The molecule has 0 amide bonds. The Morgan fingerprint density at radius 2 is 0.904 bits per heavy atom. The molecule has 0 saturated heterocycles. The molecule has 0 aliphatic carbocycles. The van der Waals surface area contributed by atoms with Gasteiger partial charge in [-0.3, -0.25) is 0 Å². The summed E-state index contributed by atoms with van der Waals surface area (Å²) in [4.78, 5) is 2.37. The summed E-state index contributed by atoms with van der Waals surface area (Å²) in [7, 11) is 0. The summed E-state index contributed by atoms with van der Waals surface area (Å²) in [5.74, 6) is 0. The van der Waals surface area contributed by atoms with Crippen molar-refractivity contribution in [3.63, 3.8) is 0 Å². The smallest absolute Gasteiger partial charge is 0.0467 e. The molecular weight excluding hydrogens is 647 g/mol. The first-order valence-electron chi connectivity index (χ1n) is 17.7. The molecule has 0 spiro atoms. The Hall–Kier alpha value is -6.48. The topological polar surface area (TPSA) is 3.24 Å². The van der Waals surface area contributed by atoms with E-state index < -0.39 is 0 Å². The predicted octanol–water partition coefficient (Wildman–Crippen LogP) is 14.8. The molecular formula is C50H33NS. The molecule has 10 aromatic rings. The third-order valence-electron chi connectivity index (χ3n) is 10.2. The van der Waals surface area contributed by atoms with Gasteiger partial charge in [-0.25, -0.2) is 0 Å². The van der Waals surface area contributed by atoms with Crippen LogP contribution in [0.2, 0.25) is 0 Å². The molecule has 0 aliphatic rings. The number of rotatable bonds is 6. The van der Waals surface area contributed by atoms with Crippen LogP contribution in [0.1, 0.15) is 0 Å². The Kier molecular flexibility index (Phi) is 7.41. The monoisotopic (exact) mass is 679 g/mol. The van der Waals surface area contributed by atoms with E-state index in [1.54, 1.807) is 0 Å². The number of thiophene rings is 1. The van der Waals surface area contributed by atoms with Gasteiger partial charge < -0.3 is 4.90 Å². The van der Waals surface area contributed by atoms with Gasteiger partial charge in [-0.2, -0.15) is 0 Å². The molecule has 1 aromatic heterocycles. The molecule has 10 rings (SSSR count). The maximum Gasteiger partial charge on any atom is 0.0467 e. The van der Waals surface area contributed by atoms with Gasteiger partial charge in [-0.15, -0.1) is 11.3 Å². The van der Waals surface area contributed by atoms with Crippen LogP contribution in [-0.4, -0.2) is 0 Å². The van der Waals surface area contributed by atoms with Crippen molar-refractivity contribution in [2.24, 2.45) is 0 Å².